The maximum atomic E-state index is 13.0. The van der Waals surface area contributed by atoms with E-state index in [4.69, 9.17) is 0 Å². The van der Waals surface area contributed by atoms with Crippen molar-refractivity contribution < 1.29 is 9.59 Å². The van der Waals surface area contributed by atoms with Crippen LogP contribution in [0.15, 0.2) is 66.2 Å². The molecule has 2 aromatic carbocycles. The minimum Gasteiger partial charge on any atom is -0.343 e. The highest BCUT2D eigenvalue weighted by molar-refractivity contribution is 7.15. The molecule has 0 saturated carbocycles. The van der Waals surface area contributed by atoms with Crippen LogP contribution in [0.25, 0.3) is 16.2 Å². The van der Waals surface area contributed by atoms with E-state index in [2.05, 4.69) is 15.6 Å². The van der Waals surface area contributed by atoms with Gasteiger partial charge < -0.3 is 10.6 Å². The molecule has 2 N–H and O–H groups in total. The zero-order valence-corrected chi connectivity index (χ0v) is 15.6. The molecular weight excluding hydrogens is 372 g/mol. The van der Waals surface area contributed by atoms with Crippen LogP contribution < -0.4 is 10.6 Å². The highest BCUT2D eigenvalue weighted by atomic mass is 32.1. The predicted octanol–water partition coefficient (Wildman–Crippen LogP) is 3.88. The molecule has 5 rings (SSSR count). The second-order valence-electron chi connectivity index (χ2n) is 6.63. The van der Waals surface area contributed by atoms with Crippen molar-refractivity contribution in [3.05, 3.63) is 77.4 Å². The third kappa shape index (κ3) is 2.86. The average molecular weight is 388 g/mol. The summed E-state index contributed by atoms with van der Waals surface area (Å²) in [5, 5.41) is 7.65. The van der Waals surface area contributed by atoms with Gasteiger partial charge in [0.05, 0.1) is 18.2 Å². The molecule has 2 amide bonds. The number of nitrogens with zero attached hydrogens (tertiary/aromatic N) is 2. The number of nitrogens with one attached hydrogen (secondary N) is 2. The summed E-state index contributed by atoms with van der Waals surface area (Å²) in [6.07, 6.45) is 2.09. The zero-order valence-electron chi connectivity index (χ0n) is 14.8. The van der Waals surface area contributed by atoms with Crippen LogP contribution in [-0.2, 0) is 4.79 Å². The summed E-state index contributed by atoms with van der Waals surface area (Å²) in [6.45, 7) is 0. The first-order valence-electron chi connectivity index (χ1n) is 8.91. The van der Waals surface area contributed by atoms with E-state index in [-0.39, 0.29) is 24.3 Å². The van der Waals surface area contributed by atoms with Crippen LogP contribution in [0.4, 0.5) is 5.69 Å². The number of benzene rings is 2. The Hall–Kier alpha value is -3.45. The average Bonchev–Trinajstić information content (AvgIpc) is 3.29. The molecule has 7 heteroatoms. The number of hydrogen-bond acceptors (Lipinski definition) is 4. The Balaban J connectivity index is 1.45. The van der Waals surface area contributed by atoms with Gasteiger partial charge in [0, 0.05) is 22.8 Å². The molecule has 1 atom stereocenters. The zero-order chi connectivity index (χ0) is 19.1. The summed E-state index contributed by atoms with van der Waals surface area (Å²) < 4.78 is 1.80. The lowest BCUT2D eigenvalue weighted by molar-refractivity contribution is -0.116. The van der Waals surface area contributed by atoms with Crippen LogP contribution in [-0.4, -0.2) is 21.2 Å². The van der Waals surface area contributed by atoms with E-state index in [9.17, 15) is 9.59 Å². The largest absolute Gasteiger partial charge is 0.343 e. The maximum absolute atomic E-state index is 13.0. The van der Waals surface area contributed by atoms with Gasteiger partial charge in [0.15, 0.2) is 4.96 Å². The number of amides is 2. The highest BCUT2D eigenvalue weighted by Crippen LogP contribution is 2.30. The van der Waals surface area contributed by atoms with Crippen molar-refractivity contribution in [3.63, 3.8) is 0 Å². The summed E-state index contributed by atoms with van der Waals surface area (Å²) in [7, 11) is 0. The van der Waals surface area contributed by atoms with Crippen molar-refractivity contribution in [3.8, 4) is 11.3 Å². The molecule has 4 aromatic rings. The quantitative estimate of drug-likeness (QED) is 0.559. The molecule has 2 aromatic heterocycles. The number of carbonyl (C=O) groups is 2. The van der Waals surface area contributed by atoms with Gasteiger partial charge in [-0.3, -0.25) is 14.0 Å². The van der Waals surface area contributed by atoms with Gasteiger partial charge in [-0.2, -0.15) is 0 Å². The van der Waals surface area contributed by atoms with Gasteiger partial charge in [0.2, 0.25) is 5.91 Å². The number of hydrogen-bond donors (Lipinski definition) is 2. The third-order valence-electron chi connectivity index (χ3n) is 4.82. The topological polar surface area (TPSA) is 75.5 Å². The van der Waals surface area contributed by atoms with E-state index in [1.165, 1.54) is 11.3 Å². The van der Waals surface area contributed by atoms with E-state index >= 15 is 0 Å². The molecule has 0 fully saturated rings. The van der Waals surface area contributed by atoms with Crippen molar-refractivity contribution in [2.24, 2.45) is 0 Å². The SMILES string of the molecule is O=C1C[C@@H](NC(=O)c2csc3nc(-c4ccccc4)cn23)c2ccccc2N1. The molecule has 0 unspecified atom stereocenters. The molecule has 1 aliphatic heterocycles. The molecule has 138 valence electrons. The standard InChI is InChI=1S/C21H16N4O2S/c26-19-10-16(14-8-4-5-9-15(14)22-19)23-20(27)18-12-28-21-24-17(11-25(18)21)13-6-2-1-3-7-13/h1-9,11-12,16H,10H2,(H,22,26)(H,23,27)/t16-/m1/s1. The lowest BCUT2D eigenvalue weighted by Crippen LogP contribution is -2.35. The molecule has 3 heterocycles. The van der Waals surface area contributed by atoms with Crippen LogP contribution in [0.5, 0.6) is 0 Å². The summed E-state index contributed by atoms with van der Waals surface area (Å²) in [5.41, 5.74) is 4.00. The number of imidazole rings is 1. The minimum atomic E-state index is -0.357. The number of fused-ring (bicyclic) bond motifs is 2. The van der Waals surface area contributed by atoms with E-state index in [1.807, 2.05) is 60.8 Å². The monoisotopic (exact) mass is 388 g/mol. The predicted molar refractivity (Wildman–Crippen MR) is 108 cm³/mol. The van der Waals surface area contributed by atoms with E-state index < -0.39 is 0 Å². The Kier molecular flexibility index (Phi) is 3.95. The fourth-order valence-electron chi connectivity index (χ4n) is 3.47. The smallest absolute Gasteiger partial charge is 0.269 e. The summed E-state index contributed by atoms with van der Waals surface area (Å²) >= 11 is 1.42. The Labute approximate surface area is 164 Å². The van der Waals surface area contributed by atoms with Crippen molar-refractivity contribution in [2.75, 3.05) is 5.32 Å². The number of aromatic nitrogens is 2. The first-order valence-corrected chi connectivity index (χ1v) is 9.78. The van der Waals surface area contributed by atoms with Gasteiger partial charge in [-0.25, -0.2) is 4.98 Å². The van der Waals surface area contributed by atoms with Gasteiger partial charge in [0.25, 0.3) is 5.91 Å². The van der Waals surface area contributed by atoms with Gasteiger partial charge in [0.1, 0.15) is 5.69 Å². The summed E-state index contributed by atoms with van der Waals surface area (Å²) in [4.78, 5) is 30.3. The van der Waals surface area contributed by atoms with Crippen LogP contribution in [0.2, 0.25) is 0 Å². The Morgan fingerprint density at radius 3 is 2.79 bits per heavy atom. The van der Waals surface area contributed by atoms with Crippen molar-refractivity contribution in [1.29, 1.82) is 0 Å². The third-order valence-corrected chi connectivity index (χ3v) is 5.66. The Morgan fingerprint density at radius 1 is 1.14 bits per heavy atom. The number of thiazole rings is 1. The Morgan fingerprint density at radius 2 is 1.93 bits per heavy atom. The molecule has 0 saturated heterocycles. The van der Waals surface area contributed by atoms with Crippen molar-refractivity contribution in [2.45, 2.75) is 12.5 Å². The van der Waals surface area contributed by atoms with Crippen molar-refractivity contribution >= 4 is 33.8 Å². The number of carbonyl (C=O) groups excluding carboxylic acids is 2. The molecule has 0 aliphatic carbocycles. The number of anilines is 1. The van der Waals surface area contributed by atoms with Crippen molar-refractivity contribution in [1.82, 2.24) is 14.7 Å². The van der Waals surface area contributed by atoms with Crippen LogP contribution in [0, 0.1) is 0 Å². The molecule has 28 heavy (non-hydrogen) atoms. The number of rotatable bonds is 3. The molecule has 6 nitrogen and oxygen atoms in total. The molecule has 1 aliphatic rings. The second-order valence-corrected chi connectivity index (χ2v) is 7.47. The first kappa shape index (κ1) is 16.7. The van der Waals surface area contributed by atoms with Gasteiger partial charge >= 0.3 is 0 Å². The normalized spacial score (nSPS) is 15.9. The molecular formula is C21H16N4O2S. The van der Waals surface area contributed by atoms with Crippen LogP contribution in [0.1, 0.15) is 28.5 Å². The lowest BCUT2D eigenvalue weighted by atomic mass is 9.97. The lowest BCUT2D eigenvalue weighted by Gasteiger charge is -2.26. The van der Waals surface area contributed by atoms with E-state index in [0.29, 0.717) is 5.69 Å². The molecule has 0 radical (unpaired) electrons. The van der Waals surface area contributed by atoms with E-state index in [0.717, 1.165) is 27.5 Å². The molecule has 0 spiro atoms. The van der Waals surface area contributed by atoms with Gasteiger partial charge in [-0.05, 0) is 11.6 Å². The first-order chi connectivity index (χ1) is 13.7. The second kappa shape index (κ2) is 6.61. The van der Waals surface area contributed by atoms with E-state index in [1.54, 1.807) is 9.78 Å². The van der Waals surface area contributed by atoms with Gasteiger partial charge in [-0.1, -0.05) is 48.5 Å². The molecule has 0 bridgehead atoms. The summed E-state index contributed by atoms with van der Waals surface area (Å²) in [6, 6.07) is 17.0. The minimum absolute atomic E-state index is 0.103. The number of para-hydroxylation sites is 1. The highest BCUT2D eigenvalue weighted by Gasteiger charge is 2.27. The Bertz CT molecular complexity index is 1200. The fourth-order valence-corrected chi connectivity index (χ4v) is 4.32. The fraction of sp³-hybridized carbons (Fsp3) is 0.0952. The summed E-state index contributed by atoms with van der Waals surface area (Å²) in [5.74, 6) is -0.328. The van der Waals surface area contributed by atoms with Crippen LogP contribution >= 0.6 is 11.3 Å². The van der Waals surface area contributed by atoms with Crippen LogP contribution in [0.3, 0.4) is 0 Å². The van der Waals surface area contributed by atoms with Gasteiger partial charge in [-0.15, -0.1) is 11.3 Å². The maximum Gasteiger partial charge on any atom is 0.269 e.